The lowest BCUT2D eigenvalue weighted by Crippen LogP contribution is -2.35. The predicted molar refractivity (Wildman–Crippen MR) is 79.1 cm³/mol. The van der Waals surface area contributed by atoms with Crippen LogP contribution in [0.25, 0.3) is 0 Å². The van der Waals surface area contributed by atoms with Gasteiger partial charge in [0, 0.05) is 25.2 Å². The lowest BCUT2D eigenvalue weighted by Gasteiger charge is -2.11. The second-order valence-electron chi connectivity index (χ2n) is 4.37. The van der Waals surface area contributed by atoms with Gasteiger partial charge in [0.25, 0.3) is 5.91 Å². The summed E-state index contributed by atoms with van der Waals surface area (Å²) in [5.74, 6) is -0.478. The minimum absolute atomic E-state index is 0.0986. The Hall–Kier alpha value is -1.33. The average molecular weight is 318 g/mol. The zero-order valence-corrected chi connectivity index (χ0v) is 12.9. The van der Waals surface area contributed by atoms with E-state index >= 15 is 0 Å². The monoisotopic (exact) mass is 317 g/mol. The van der Waals surface area contributed by atoms with Crippen LogP contribution in [0.4, 0.5) is 0 Å². The number of hydrogen-bond donors (Lipinski definition) is 2. The van der Waals surface area contributed by atoms with Crippen molar-refractivity contribution in [3.63, 3.8) is 0 Å². The van der Waals surface area contributed by atoms with Crippen molar-refractivity contribution in [1.29, 1.82) is 0 Å². The average Bonchev–Trinajstić information content (AvgIpc) is 2.41. The Morgan fingerprint density at radius 1 is 1.40 bits per heavy atom. The number of halogens is 2. The second-order valence-corrected chi connectivity index (χ2v) is 5.16. The summed E-state index contributed by atoms with van der Waals surface area (Å²) in [4.78, 5) is 27.2. The van der Waals surface area contributed by atoms with Gasteiger partial charge in [0.2, 0.25) is 5.91 Å². The van der Waals surface area contributed by atoms with E-state index in [1.54, 1.807) is 0 Å². The number of rotatable bonds is 6. The molecule has 0 aliphatic heterocycles. The van der Waals surface area contributed by atoms with Crippen LogP contribution in [0, 0.1) is 0 Å². The molecule has 1 heterocycles. The fraction of sp³-hybridized carbons (Fsp3) is 0.462. The molecule has 5 nitrogen and oxygen atoms in total. The van der Waals surface area contributed by atoms with Crippen LogP contribution in [0.15, 0.2) is 12.3 Å². The Morgan fingerprint density at radius 2 is 2.10 bits per heavy atom. The summed E-state index contributed by atoms with van der Waals surface area (Å²) in [5.41, 5.74) is 0.244. The largest absolute Gasteiger partial charge is 0.354 e. The van der Waals surface area contributed by atoms with Gasteiger partial charge in [0.05, 0.1) is 10.6 Å². The molecule has 0 saturated heterocycles. The minimum atomic E-state index is -0.379. The number of aromatic nitrogens is 1. The molecule has 0 saturated carbocycles. The van der Waals surface area contributed by atoms with Gasteiger partial charge in [-0.3, -0.25) is 9.59 Å². The highest BCUT2D eigenvalue weighted by atomic mass is 35.5. The first-order valence-electron chi connectivity index (χ1n) is 6.32. The van der Waals surface area contributed by atoms with Gasteiger partial charge >= 0.3 is 0 Å². The van der Waals surface area contributed by atoms with Gasteiger partial charge in [-0.25, -0.2) is 4.98 Å². The highest BCUT2D eigenvalue weighted by molar-refractivity contribution is 6.35. The summed E-state index contributed by atoms with van der Waals surface area (Å²) in [6.45, 7) is 4.15. The summed E-state index contributed by atoms with van der Waals surface area (Å²) in [6, 6.07) is 1.52. The molecule has 0 aliphatic rings. The van der Waals surface area contributed by atoms with Crippen LogP contribution < -0.4 is 10.6 Å². The molecule has 1 rings (SSSR count). The van der Waals surface area contributed by atoms with Gasteiger partial charge < -0.3 is 10.6 Å². The quantitative estimate of drug-likeness (QED) is 0.791. The Kier molecular flexibility index (Phi) is 6.75. The minimum Gasteiger partial charge on any atom is -0.354 e. The van der Waals surface area contributed by atoms with Crippen LogP contribution in [-0.4, -0.2) is 29.4 Å². The molecule has 1 aromatic rings. The number of nitrogens with one attached hydrogen (secondary N) is 2. The number of amides is 2. The zero-order valence-electron chi connectivity index (χ0n) is 11.4. The molecule has 0 spiro atoms. The number of carbonyl (C=O) groups excluding carboxylic acids is 2. The Morgan fingerprint density at radius 3 is 2.75 bits per heavy atom. The van der Waals surface area contributed by atoms with E-state index in [0.717, 1.165) is 6.42 Å². The van der Waals surface area contributed by atoms with Crippen molar-refractivity contribution in [3.8, 4) is 0 Å². The van der Waals surface area contributed by atoms with Crippen molar-refractivity contribution < 1.29 is 9.59 Å². The normalized spacial score (nSPS) is 11.8. The van der Waals surface area contributed by atoms with Gasteiger partial charge in [-0.1, -0.05) is 30.1 Å². The standard InChI is InChI=1S/C13H17Cl2N3O2/c1-3-8(2)18-12(19)4-5-16-13(20)9-6-11(15)17-7-10(9)14/h6-8H,3-5H2,1-2H3,(H,16,20)(H,18,19). The fourth-order valence-electron chi connectivity index (χ4n) is 1.42. The second kappa shape index (κ2) is 8.07. The van der Waals surface area contributed by atoms with E-state index in [2.05, 4.69) is 15.6 Å². The maximum absolute atomic E-state index is 11.9. The van der Waals surface area contributed by atoms with Crippen LogP contribution in [-0.2, 0) is 4.79 Å². The molecule has 20 heavy (non-hydrogen) atoms. The molecule has 0 fully saturated rings. The van der Waals surface area contributed by atoms with E-state index in [0.29, 0.717) is 0 Å². The van der Waals surface area contributed by atoms with Crippen LogP contribution in [0.3, 0.4) is 0 Å². The SMILES string of the molecule is CCC(C)NC(=O)CCNC(=O)c1cc(Cl)ncc1Cl. The highest BCUT2D eigenvalue weighted by Gasteiger charge is 2.12. The van der Waals surface area contributed by atoms with E-state index in [4.69, 9.17) is 23.2 Å². The van der Waals surface area contributed by atoms with Crippen LogP contribution in [0.2, 0.25) is 10.2 Å². The van der Waals surface area contributed by atoms with Gasteiger partial charge in [0.1, 0.15) is 5.15 Å². The molecule has 110 valence electrons. The van der Waals surface area contributed by atoms with Crippen molar-refractivity contribution in [2.24, 2.45) is 0 Å². The molecule has 0 bridgehead atoms. The van der Waals surface area contributed by atoms with Crippen molar-refractivity contribution in [1.82, 2.24) is 15.6 Å². The van der Waals surface area contributed by atoms with Crippen LogP contribution in [0.1, 0.15) is 37.0 Å². The molecular formula is C13H17Cl2N3O2. The van der Waals surface area contributed by atoms with Crippen LogP contribution in [0.5, 0.6) is 0 Å². The van der Waals surface area contributed by atoms with Gasteiger partial charge in [-0.15, -0.1) is 0 Å². The molecule has 2 N–H and O–H groups in total. The summed E-state index contributed by atoms with van der Waals surface area (Å²) in [7, 11) is 0. The first-order chi connectivity index (χ1) is 9.43. The molecule has 0 radical (unpaired) electrons. The van der Waals surface area contributed by atoms with Crippen molar-refractivity contribution in [2.75, 3.05) is 6.54 Å². The zero-order chi connectivity index (χ0) is 15.1. The number of hydrogen-bond acceptors (Lipinski definition) is 3. The highest BCUT2D eigenvalue weighted by Crippen LogP contribution is 2.17. The molecule has 0 aliphatic carbocycles. The maximum Gasteiger partial charge on any atom is 0.252 e. The number of pyridine rings is 1. The predicted octanol–water partition coefficient (Wildman–Crippen LogP) is 2.42. The van der Waals surface area contributed by atoms with Crippen molar-refractivity contribution in [3.05, 3.63) is 28.0 Å². The number of carbonyl (C=O) groups is 2. The molecule has 1 aromatic heterocycles. The van der Waals surface area contributed by atoms with Gasteiger partial charge in [0.15, 0.2) is 0 Å². The molecule has 0 aromatic carbocycles. The molecule has 1 unspecified atom stereocenters. The van der Waals surface area contributed by atoms with Crippen molar-refractivity contribution >= 4 is 35.0 Å². The molecular weight excluding hydrogens is 301 g/mol. The van der Waals surface area contributed by atoms with Crippen molar-refractivity contribution in [2.45, 2.75) is 32.7 Å². The lowest BCUT2D eigenvalue weighted by molar-refractivity contribution is -0.121. The Balaban J connectivity index is 2.44. The van der Waals surface area contributed by atoms with E-state index in [1.807, 2.05) is 13.8 Å². The molecule has 7 heteroatoms. The first-order valence-corrected chi connectivity index (χ1v) is 7.08. The van der Waals surface area contributed by atoms with Gasteiger partial charge in [-0.2, -0.15) is 0 Å². The summed E-state index contributed by atoms with van der Waals surface area (Å²) in [5, 5.41) is 5.84. The van der Waals surface area contributed by atoms with Crippen LogP contribution >= 0.6 is 23.2 Å². The van der Waals surface area contributed by atoms with E-state index in [-0.39, 0.29) is 46.6 Å². The molecule has 1 atom stereocenters. The van der Waals surface area contributed by atoms with E-state index < -0.39 is 0 Å². The maximum atomic E-state index is 11.9. The van der Waals surface area contributed by atoms with Gasteiger partial charge in [-0.05, 0) is 19.4 Å². The third-order valence-corrected chi connectivity index (χ3v) is 3.23. The third kappa shape index (κ3) is 5.35. The molecule has 2 amide bonds. The van der Waals surface area contributed by atoms with E-state index in [1.165, 1.54) is 12.3 Å². The first kappa shape index (κ1) is 16.7. The summed E-state index contributed by atoms with van der Waals surface area (Å²) >= 11 is 11.6. The van der Waals surface area contributed by atoms with E-state index in [9.17, 15) is 9.59 Å². The fourth-order valence-corrected chi connectivity index (χ4v) is 1.77. The smallest absolute Gasteiger partial charge is 0.252 e. The summed E-state index contributed by atoms with van der Waals surface area (Å²) < 4.78 is 0. The lowest BCUT2D eigenvalue weighted by atomic mass is 10.2. The Bertz CT molecular complexity index is 495. The topological polar surface area (TPSA) is 71.1 Å². The number of nitrogens with zero attached hydrogens (tertiary/aromatic N) is 1. The third-order valence-electron chi connectivity index (χ3n) is 2.72. The Labute approximate surface area is 128 Å². The summed E-state index contributed by atoms with van der Waals surface area (Å²) in [6.07, 6.45) is 2.39.